The summed E-state index contributed by atoms with van der Waals surface area (Å²) in [7, 11) is 0. The third-order valence-electron chi connectivity index (χ3n) is 13.9. The quantitative estimate of drug-likeness (QED) is 0.156. The molecule has 0 saturated heterocycles. The standard InChI is InChI=1S/C62H40N5O.Pt/c1-39-34-57-58(35-40(39)2)65(59-46(41-16-5-3-6-17-41)23-12-24-47(59)42-18-7-4-8-19-42)38-64(57)43-20-11-21-44(36-43)68-45-31-32-49-51-27-14-30-55-61(51)67(56(49)37-45)62-53(28-15-33-63-62)52-26-13-25-50-48-22-9-10-29-54(48)66(55)60(50)52;/h3-35,38H,1-2H3;/q-3;. The molecule has 0 aliphatic carbocycles. The van der Waals surface area contributed by atoms with Crippen LogP contribution >= 0.6 is 0 Å². The molecule has 0 bridgehead atoms. The maximum Gasteiger partial charge on any atom is 0.143 e. The van der Waals surface area contributed by atoms with Gasteiger partial charge in [0.05, 0.1) is 22.1 Å². The molecule has 0 saturated carbocycles. The van der Waals surface area contributed by atoms with Gasteiger partial charge in [0.25, 0.3) is 0 Å². The fraction of sp³-hybridized carbons (Fsp3) is 0.0323. The molecule has 1 aliphatic heterocycles. The minimum Gasteiger partial charge on any atom is -0.509 e. The summed E-state index contributed by atoms with van der Waals surface area (Å²) in [5.74, 6) is 1.17. The number of hydrogen-bond acceptors (Lipinski definition) is 4. The first-order chi connectivity index (χ1) is 33.6. The zero-order chi connectivity index (χ0) is 45.0. The minimum absolute atomic E-state index is 0. The normalized spacial score (nSPS) is 12.6. The van der Waals surface area contributed by atoms with Gasteiger partial charge in [0.15, 0.2) is 0 Å². The van der Waals surface area contributed by atoms with Gasteiger partial charge in [-0.15, -0.1) is 48.1 Å². The van der Waals surface area contributed by atoms with Gasteiger partial charge in [0, 0.05) is 88.5 Å². The zero-order valence-corrected chi connectivity index (χ0v) is 39.9. The van der Waals surface area contributed by atoms with Crippen molar-refractivity contribution in [1.82, 2.24) is 13.8 Å². The van der Waals surface area contributed by atoms with Crippen LogP contribution in [0.25, 0.3) is 87.8 Å². The fourth-order valence-corrected chi connectivity index (χ4v) is 10.7. The van der Waals surface area contributed by atoms with Crippen LogP contribution in [0.15, 0.2) is 200 Å². The summed E-state index contributed by atoms with van der Waals surface area (Å²) in [6, 6.07) is 76.4. The Morgan fingerprint density at radius 1 is 0.464 bits per heavy atom. The Bertz CT molecular complexity index is 4140. The molecular formula is C62H40N5OPt-3. The van der Waals surface area contributed by atoms with Crippen molar-refractivity contribution in [2.75, 3.05) is 9.80 Å². The number of aryl methyl sites for hydroxylation is 2. The van der Waals surface area contributed by atoms with Crippen LogP contribution in [0.5, 0.6) is 11.5 Å². The van der Waals surface area contributed by atoms with Crippen LogP contribution in [0, 0.1) is 32.6 Å². The molecule has 0 fully saturated rings. The maximum absolute atomic E-state index is 6.81. The van der Waals surface area contributed by atoms with Gasteiger partial charge in [-0.05, 0) is 77.9 Å². The molecule has 69 heavy (non-hydrogen) atoms. The third-order valence-corrected chi connectivity index (χ3v) is 13.9. The predicted molar refractivity (Wildman–Crippen MR) is 280 cm³/mol. The van der Waals surface area contributed by atoms with Crippen LogP contribution in [0.1, 0.15) is 11.1 Å². The van der Waals surface area contributed by atoms with E-state index >= 15 is 0 Å². The molecule has 0 amide bonds. The average Bonchev–Trinajstić information content (AvgIpc) is 4.04. The second-order valence-electron chi connectivity index (χ2n) is 17.7. The average molecular weight is 1070 g/mol. The number of fused-ring (bicyclic) bond motifs is 11. The van der Waals surface area contributed by atoms with E-state index in [1.807, 2.05) is 30.5 Å². The topological polar surface area (TPSA) is 37.4 Å². The van der Waals surface area contributed by atoms with E-state index in [0.717, 1.165) is 88.7 Å². The minimum atomic E-state index is 0. The molecule has 5 heterocycles. The van der Waals surface area contributed by atoms with Crippen LogP contribution in [0.2, 0.25) is 0 Å². The molecule has 1 aliphatic rings. The van der Waals surface area contributed by atoms with Crippen molar-refractivity contribution in [2.24, 2.45) is 0 Å². The van der Waals surface area contributed by atoms with E-state index < -0.39 is 0 Å². The van der Waals surface area contributed by atoms with Crippen molar-refractivity contribution in [3.8, 4) is 33.8 Å². The molecule has 4 aromatic heterocycles. The van der Waals surface area contributed by atoms with Crippen molar-refractivity contribution in [2.45, 2.75) is 13.8 Å². The summed E-state index contributed by atoms with van der Waals surface area (Å²) < 4.78 is 11.5. The van der Waals surface area contributed by atoms with Gasteiger partial charge in [0.2, 0.25) is 0 Å². The zero-order valence-electron chi connectivity index (χ0n) is 37.6. The maximum atomic E-state index is 6.81. The smallest absolute Gasteiger partial charge is 0.143 e. The molecule has 0 spiro atoms. The van der Waals surface area contributed by atoms with E-state index in [-0.39, 0.29) is 21.1 Å². The van der Waals surface area contributed by atoms with E-state index in [9.17, 15) is 0 Å². The first kappa shape index (κ1) is 41.0. The Balaban J connectivity index is 0.00000469. The number of anilines is 4. The molecule has 9 aromatic carbocycles. The van der Waals surface area contributed by atoms with E-state index in [1.54, 1.807) is 0 Å². The Hall–Kier alpha value is -8.18. The predicted octanol–water partition coefficient (Wildman–Crippen LogP) is 16.1. The number of benzene rings is 9. The summed E-state index contributed by atoms with van der Waals surface area (Å²) in [5, 5.41) is 6.82. The third kappa shape index (κ3) is 6.25. The Kier molecular flexibility index (Phi) is 9.50. The molecule has 6 nitrogen and oxygen atoms in total. The molecule has 14 rings (SSSR count). The molecule has 0 radical (unpaired) electrons. The first-order valence-electron chi connectivity index (χ1n) is 23.0. The number of rotatable bonds is 6. The Morgan fingerprint density at radius 2 is 1.04 bits per heavy atom. The number of pyridine rings is 1. The van der Waals surface area contributed by atoms with Gasteiger partial charge in [-0.3, -0.25) is 0 Å². The van der Waals surface area contributed by atoms with Gasteiger partial charge in [-0.2, -0.15) is 12.1 Å². The summed E-state index contributed by atoms with van der Waals surface area (Å²) in [4.78, 5) is 9.71. The molecule has 332 valence electrons. The van der Waals surface area contributed by atoms with Crippen molar-refractivity contribution < 1.29 is 25.8 Å². The molecule has 0 unspecified atom stereocenters. The van der Waals surface area contributed by atoms with Crippen molar-refractivity contribution in [3.05, 3.63) is 230 Å². The summed E-state index contributed by atoms with van der Waals surface area (Å²) in [5.41, 5.74) is 17.4. The van der Waals surface area contributed by atoms with Crippen LogP contribution in [0.3, 0.4) is 0 Å². The number of nitrogens with zero attached hydrogens (tertiary/aromatic N) is 5. The fourth-order valence-electron chi connectivity index (χ4n) is 10.7. The molecule has 7 heteroatoms. The monoisotopic (exact) mass is 1070 g/mol. The van der Waals surface area contributed by atoms with Gasteiger partial charge in [-0.1, -0.05) is 133 Å². The Labute approximate surface area is 413 Å². The molecule has 0 atom stereocenters. The molecular weight excluding hydrogens is 1030 g/mol. The van der Waals surface area contributed by atoms with Crippen LogP contribution < -0.4 is 14.5 Å². The van der Waals surface area contributed by atoms with E-state index in [0.29, 0.717) is 11.5 Å². The second kappa shape index (κ2) is 16.0. The summed E-state index contributed by atoms with van der Waals surface area (Å²) in [6.45, 7) is 6.57. The number of aromatic nitrogens is 3. The molecule has 0 N–H and O–H groups in total. The van der Waals surface area contributed by atoms with Crippen molar-refractivity contribution in [1.29, 1.82) is 0 Å². The van der Waals surface area contributed by atoms with Gasteiger partial charge >= 0.3 is 0 Å². The van der Waals surface area contributed by atoms with Gasteiger partial charge in [0.1, 0.15) is 5.65 Å². The number of para-hydroxylation sites is 4. The number of ether oxygens (including phenoxy) is 1. The SMILES string of the molecule is Cc1cc2c(cc1C)N(c1c(-c3ccccc3)cccc1-c1ccccc1)[CH-]N2c1[c-]c(Oc2[c-]c3c(cc2)c2cccc4c2n3c2ncccc2c2cccc3c5ccccc5n4c32)ccc1.[Pt]. The summed E-state index contributed by atoms with van der Waals surface area (Å²) >= 11 is 0. The largest absolute Gasteiger partial charge is 0.509 e. The van der Waals surface area contributed by atoms with Crippen LogP contribution in [-0.4, -0.2) is 13.8 Å². The van der Waals surface area contributed by atoms with Gasteiger partial charge < -0.3 is 23.3 Å². The van der Waals surface area contributed by atoms with E-state index in [4.69, 9.17) is 9.72 Å². The van der Waals surface area contributed by atoms with E-state index in [1.165, 1.54) is 32.9 Å². The van der Waals surface area contributed by atoms with Crippen LogP contribution in [0.4, 0.5) is 22.7 Å². The summed E-state index contributed by atoms with van der Waals surface area (Å²) in [6.07, 6.45) is 1.89. The van der Waals surface area contributed by atoms with Crippen LogP contribution in [-0.2, 0) is 21.1 Å². The number of hydrogen-bond donors (Lipinski definition) is 0. The second-order valence-corrected chi connectivity index (χ2v) is 17.7. The van der Waals surface area contributed by atoms with Crippen molar-refractivity contribution in [3.63, 3.8) is 0 Å². The van der Waals surface area contributed by atoms with E-state index in [2.05, 4.69) is 221 Å². The van der Waals surface area contributed by atoms with Gasteiger partial charge in [-0.25, -0.2) is 4.98 Å². The molecule has 13 aromatic rings. The Morgan fingerprint density at radius 3 is 1.80 bits per heavy atom. The first-order valence-corrected chi connectivity index (χ1v) is 23.0. The van der Waals surface area contributed by atoms with Crippen molar-refractivity contribution >= 4 is 88.3 Å².